The van der Waals surface area contributed by atoms with Gasteiger partial charge in [0.15, 0.2) is 11.9 Å². The molecular formula is C8H14N+. The zero-order valence-corrected chi connectivity index (χ0v) is 6.39. The minimum Gasteiger partial charge on any atom is -0.206 e. The van der Waals surface area contributed by atoms with Gasteiger partial charge >= 0.3 is 0 Å². The molecule has 0 bridgehead atoms. The van der Waals surface area contributed by atoms with Crippen molar-refractivity contribution in [3.8, 4) is 0 Å². The first kappa shape index (κ1) is 8.15. The lowest BCUT2D eigenvalue weighted by atomic mass is 10.4. The highest BCUT2D eigenvalue weighted by atomic mass is 14.9. The van der Waals surface area contributed by atoms with E-state index in [1.807, 2.05) is 37.6 Å². The standard InChI is InChI=1S/C8H14N/c1-5-7-8(3)9(4)6-2/h5-7H,2H2,1,3-4H3/q+1. The second-order valence-electron chi connectivity index (χ2n) is 1.93. The van der Waals surface area contributed by atoms with E-state index in [1.165, 1.54) is 5.71 Å². The molecule has 0 aliphatic rings. The molecule has 1 heteroatoms. The molecule has 0 spiro atoms. The van der Waals surface area contributed by atoms with E-state index in [1.54, 1.807) is 6.20 Å². The monoisotopic (exact) mass is 124 g/mol. The number of allylic oxidation sites excluding steroid dienone is 2. The molecule has 0 rings (SSSR count). The van der Waals surface area contributed by atoms with E-state index in [-0.39, 0.29) is 0 Å². The van der Waals surface area contributed by atoms with Gasteiger partial charge in [0.2, 0.25) is 0 Å². The van der Waals surface area contributed by atoms with Crippen LogP contribution in [0, 0.1) is 0 Å². The first-order valence-corrected chi connectivity index (χ1v) is 3.04. The molecule has 1 nitrogen and oxygen atoms in total. The van der Waals surface area contributed by atoms with Gasteiger partial charge in [-0.15, -0.1) is 0 Å². The normalized spacial score (nSPS) is 13.7. The summed E-state index contributed by atoms with van der Waals surface area (Å²) in [4.78, 5) is 0. The number of rotatable bonds is 2. The first-order valence-electron chi connectivity index (χ1n) is 3.04. The Morgan fingerprint density at radius 2 is 2.11 bits per heavy atom. The fraction of sp³-hybridized carbons (Fsp3) is 0.375. The SMILES string of the molecule is C=C[N+](C)=C(C)C=CC. The maximum Gasteiger partial charge on any atom is 0.177 e. The summed E-state index contributed by atoms with van der Waals surface area (Å²) < 4.78 is 1.97. The summed E-state index contributed by atoms with van der Waals surface area (Å²) in [6, 6.07) is 0. The molecule has 0 unspecified atom stereocenters. The smallest absolute Gasteiger partial charge is 0.177 e. The predicted octanol–water partition coefficient (Wildman–Crippen LogP) is 1.81. The summed E-state index contributed by atoms with van der Waals surface area (Å²) in [7, 11) is 1.97. The van der Waals surface area contributed by atoms with E-state index in [0.29, 0.717) is 0 Å². The summed E-state index contributed by atoms with van der Waals surface area (Å²) in [5.74, 6) is 0. The van der Waals surface area contributed by atoms with Crippen molar-refractivity contribution in [2.24, 2.45) is 0 Å². The van der Waals surface area contributed by atoms with Gasteiger partial charge in [-0.3, -0.25) is 0 Å². The molecule has 0 fully saturated rings. The molecule has 50 valence electrons. The van der Waals surface area contributed by atoms with E-state index < -0.39 is 0 Å². The van der Waals surface area contributed by atoms with Crippen LogP contribution >= 0.6 is 0 Å². The number of nitrogens with zero attached hydrogens (tertiary/aromatic N) is 1. The average molecular weight is 124 g/mol. The summed E-state index contributed by atoms with van der Waals surface area (Å²) in [5, 5.41) is 0. The van der Waals surface area contributed by atoms with Crippen molar-refractivity contribution in [2.75, 3.05) is 7.05 Å². The molecular weight excluding hydrogens is 110 g/mol. The van der Waals surface area contributed by atoms with Crippen LogP contribution in [0.2, 0.25) is 0 Å². The Kier molecular flexibility index (Phi) is 3.69. The van der Waals surface area contributed by atoms with Crippen molar-refractivity contribution in [2.45, 2.75) is 13.8 Å². The van der Waals surface area contributed by atoms with Crippen LogP contribution in [-0.2, 0) is 0 Å². The van der Waals surface area contributed by atoms with Crippen molar-refractivity contribution < 1.29 is 4.58 Å². The van der Waals surface area contributed by atoms with Crippen molar-refractivity contribution in [3.05, 3.63) is 24.9 Å². The molecule has 0 aromatic heterocycles. The van der Waals surface area contributed by atoms with Crippen LogP contribution in [0.1, 0.15) is 13.8 Å². The second kappa shape index (κ2) is 4.07. The third-order valence-corrected chi connectivity index (χ3v) is 1.24. The second-order valence-corrected chi connectivity index (χ2v) is 1.93. The zero-order valence-electron chi connectivity index (χ0n) is 6.39. The largest absolute Gasteiger partial charge is 0.206 e. The molecule has 0 aromatic carbocycles. The molecule has 0 atom stereocenters. The van der Waals surface area contributed by atoms with Crippen LogP contribution in [0.25, 0.3) is 0 Å². The fourth-order valence-electron chi connectivity index (χ4n) is 0.503. The van der Waals surface area contributed by atoms with E-state index in [4.69, 9.17) is 0 Å². The van der Waals surface area contributed by atoms with Crippen LogP contribution in [0.15, 0.2) is 24.9 Å². The highest BCUT2D eigenvalue weighted by Gasteiger charge is 1.91. The van der Waals surface area contributed by atoms with E-state index in [2.05, 4.69) is 6.58 Å². The summed E-state index contributed by atoms with van der Waals surface area (Å²) in [6.07, 6.45) is 5.84. The van der Waals surface area contributed by atoms with Gasteiger partial charge in [-0.2, -0.15) is 0 Å². The van der Waals surface area contributed by atoms with Gasteiger partial charge in [0.1, 0.15) is 7.05 Å². The zero-order chi connectivity index (χ0) is 7.28. The number of hydrogen-bond acceptors (Lipinski definition) is 0. The van der Waals surface area contributed by atoms with Gasteiger partial charge in [0.05, 0.1) is 0 Å². The third kappa shape index (κ3) is 2.85. The third-order valence-electron chi connectivity index (χ3n) is 1.24. The van der Waals surface area contributed by atoms with Gasteiger partial charge < -0.3 is 0 Å². The lowest BCUT2D eigenvalue weighted by molar-refractivity contribution is -0.421. The number of hydrogen-bond donors (Lipinski definition) is 0. The molecule has 0 heterocycles. The molecule has 0 saturated heterocycles. The highest BCUT2D eigenvalue weighted by molar-refractivity contribution is 5.88. The minimum atomic E-state index is 1.20. The van der Waals surface area contributed by atoms with Crippen molar-refractivity contribution >= 4 is 5.71 Å². The summed E-state index contributed by atoms with van der Waals surface area (Å²) in [5.41, 5.74) is 1.20. The Balaban J connectivity index is 4.27. The molecule has 0 N–H and O–H groups in total. The van der Waals surface area contributed by atoms with Crippen LogP contribution in [0.3, 0.4) is 0 Å². The lowest BCUT2D eigenvalue weighted by Crippen LogP contribution is -2.04. The topological polar surface area (TPSA) is 3.01 Å². The Bertz CT molecular complexity index is 152. The first-order chi connectivity index (χ1) is 4.22. The van der Waals surface area contributed by atoms with Crippen LogP contribution in [-0.4, -0.2) is 17.3 Å². The van der Waals surface area contributed by atoms with Crippen molar-refractivity contribution in [3.63, 3.8) is 0 Å². The Morgan fingerprint density at radius 3 is 2.44 bits per heavy atom. The quantitative estimate of drug-likeness (QED) is 0.390. The molecule has 0 saturated carbocycles. The Morgan fingerprint density at radius 1 is 1.56 bits per heavy atom. The van der Waals surface area contributed by atoms with E-state index in [9.17, 15) is 0 Å². The van der Waals surface area contributed by atoms with E-state index >= 15 is 0 Å². The van der Waals surface area contributed by atoms with Gasteiger partial charge in [-0.05, 0) is 13.5 Å². The lowest BCUT2D eigenvalue weighted by Gasteiger charge is -1.87. The maximum atomic E-state index is 3.64. The predicted molar refractivity (Wildman–Crippen MR) is 41.9 cm³/mol. The Hall–Kier alpha value is -0.850. The average Bonchev–Trinajstić information content (AvgIpc) is 1.87. The van der Waals surface area contributed by atoms with Gasteiger partial charge in [-0.1, -0.05) is 6.08 Å². The molecule has 0 aliphatic carbocycles. The van der Waals surface area contributed by atoms with Crippen molar-refractivity contribution in [1.29, 1.82) is 0 Å². The van der Waals surface area contributed by atoms with Gasteiger partial charge in [-0.25, -0.2) is 4.58 Å². The molecule has 0 aromatic rings. The highest BCUT2D eigenvalue weighted by Crippen LogP contribution is 1.79. The van der Waals surface area contributed by atoms with Crippen molar-refractivity contribution in [1.82, 2.24) is 0 Å². The van der Waals surface area contributed by atoms with E-state index in [0.717, 1.165) is 0 Å². The van der Waals surface area contributed by atoms with Gasteiger partial charge in [0.25, 0.3) is 0 Å². The Labute approximate surface area is 57.0 Å². The van der Waals surface area contributed by atoms with Crippen LogP contribution in [0.4, 0.5) is 0 Å². The van der Waals surface area contributed by atoms with Gasteiger partial charge in [0, 0.05) is 13.0 Å². The van der Waals surface area contributed by atoms with Crippen LogP contribution in [0.5, 0.6) is 0 Å². The summed E-state index contributed by atoms with van der Waals surface area (Å²) in [6.45, 7) is 7.68. The molecule has 0 radical (unpaired) electrons. The maximum absolute atomic E-state index is 3.64. The fourth-order valence-corrected chi connectivity index (χ4v) is 0.503. The summed E-state index contributed by atoms with van der Waals surface area (Å²) >= 11 is 0. The minimum absolute atomic E-state index is 1.20. The van der Waals surface area contributed by atoms with Crippen LogP contribution < -0.4 is 0 Å². The molecule has 0 amide bonds. The molecule has 0 aliphatic heterocycles. The molecule has 9 heavy (non-hydrogen) atoms.